The molecule has 0 aromatic rings. The highest BCUT2D eigenvalue weighted by Gasteiger charge is 2.63. The van der Waals surface area contributed by atoms with Gasteiger partial charge in [-0.25, -0.2) is 4.79 Å². The van der Waals surface area contributed by atoms with Crippen molar-refractivity contribution in [2.24, 2.45) is 29.6 Å². The van der Waals surface area contributed by atoms with Crippen LogP contribution >= 0.6 is 0 Å². The maximum absolute atomic E-state index is 14.0. The fourth-order valence-corrected chi connectivity index (χ4v) is 6.51. The van der Waals surface area contributed by atoms with E-state index in [1.54, 1.807) is 13.0 Å². The van der Waals surface area contributed by atoms with Gasteiger partial charge in [-0.05, 0) is 26.3 Å². The number of Topliss-reactive ketones (excluding diaryl/α,β-unsaturated/α-hetero) is 3. The standard InChI is InChI=1S/C34H52O14/c1-10-11-16(2)31-33(8,48-31)29(41)22-14-46-32(43)26(40)28(45-9)20(6)25(39)19(5)27(47-21(7)36)18(4)12-17(3)23(37)13-24(38)34(44,15-35)30(22)42/h10-12,16-17,19-20,22,24,26-29,31,35,38,40-41,44H,13-15H2,1-9H3/b11-10-,18-12+/t16-,17-,19-,20+,22+,24-,26+,27-,28-,29-,31+,33+,34-/m0/s1. The lowest BCUT2D eigenvalue weighted by atomic mass is 9.76. The zero-order chi connectivity index (χ0) is 36.9. The number of aliphatic hydroxyl groups excluding tert-OH is 4. The Kier molecular flexibility index (Phi) is 14.4. The highest BCUT2D eigenvalue weighted by molar-refractivity contribution is 5.93. The third-order valence-corrected chi connectivity index (χ3v) is 9.62. The van der Waals surface area contributed by atoms with Crippen LogP contribution in [0.15, 0.2) is 23.8 Å². The molecule has 2 heterocycles. The smallest absolute Gasteiger partial charge is 0.337 e. The van der Waals surface area contributed by atoms with Crippen LogP contribution in [0, 0.1) is 29.6 Å². The van der Waals surface area contributed by atoms with Gasteiger partial charge in [0.1, 0.15) is 36.0 Å². The van der Waals surface area contributed by atoms with Crippen LogP contribution in [-0.4, -0.2) is 123 Å². The van der Waals surface area contributed by atoms with E-state index in [1.807, 2.05) is 13.0 Å². The Morgan fingerprint density at radius 3 is 2.27 bits per heavy atom. The molecule has 0 spiro atoms. The lowest BCUT2D eigenvalue weighted by Crippen LogP contribution is -2.59. The average molecular weight is 685 g/mol. The summed E-state index contributed by atoms with van der Waals surface area (Å²) < 4.78 is 21.8. The zero-order valence-electron chi connectivity index (χ0n) is 29.1. The maximum atomic E-state index is 14.0. The van der Waals surface area contributed by atoms with E-state index in [4.69, 9.17) is 18.9 Å². The molecule has 0 aliphatic carbocycles. The number of carbonyl (C=O) groups is 5. The maximum Gasteiger partial charge on any atom is 0.337 e. The molecule has 13 atom stereocenters. The Bertz CT molecular complexity index is 1260. The number of aliphatic hydroxyl groups is 5. The number of cyclic esters (lactones) is 1. The second-order valence-electron chi connectivity index (χ2n) is 13.3. The Morgan fingerprint density at radius 2 is 1.75 bits per heavy atom. The number of rotatable bonds is 7. The van der Waals surface area contributed by atoms with E-state index in [2.05, 4.69) is 0 Å². The molecule has 0 aromatic carbocycles. The minimum absolute atomic E-state index is 0.226. The fourth-order valence-electron chi connectivity index (χ4n) is 6.51. The van der Waals surface area contributed by atoms with Gasteiger partial charge in [-0.15, -0.1) is 0 Å². The molecular formula is C34H52O14. The van der Waals surface area contributed by atoms with E-state index < -0.39 is 120 Å². The summed E-state index contributed by atoms with van der Waals surface area (Å²) in [6.07, 6.45) is -5.10. The summed E-state index contributed by atoms with van der Waals surface area (Å²) in [6.45, 7) is 9.76. The Hall–Kier alpha value is -2.85. The molecule has 14 nitrogen and oxygen atoms in total. The number of ether oxygens (including phenoxy) is 4. The topological polar surface area (TPSA) is 227 Å². The first-order valence-corrected chi connectivity index (χ1v) is 16.1. The van der Waals surface area contributed by atoms with Gasteiger partial charge in [0.2, 0.25) is 0 Å². The predicted octanol–water partition coefficient (Wildman–Crippen LogP) is 0.234. The molecule has 0 bridgehead atoms. The second-order valence-corrected chi connectivity index (χ2v) is 13.3. The van der Waals surface area contributed by atoms with Crippen molar-refractivity contribution in [2.75, 3.05) is 20.3 Å². The fraction of sp³-hybridized carbons (Fsp3) is 0.735. The largest absolute Gasteiger partial charge is 0.463 e. The summed E-state index contributed by atoms with van der Waals surface area (Å²) in [5.41, 5.74) is -4.10. The Labute approximate surface area is 281 Å². The number of hydrogen-bond donors (Lipinski definition) is 5. The third-order valence-electron chi connectivity index (χ3n) is 9.62. The molecule has 14 heteroatoms. The number of epoxide rings is 1. The molecule has 0 aromatic heterocycles. The van der Waals surface area contributed by atoms with Crippen molar-refractivity contribution in [1.82, 2.24) is 0 Å². The lowest BCUT2D eigenvalue weighted by Gasteiger charge is -2.36. The molecule has 0 radical (unpaired) electrons. The number of allylic oxidation sites excluding steroid dienone is 2. The van der Waals surface area contributed by atoms with Gasteiger partial charge in [0.25, 0.3) is 0 Å². The first-order valence-electron chi connectivity index (χ1n) is 16.1. The number of methoxy groups -OCH3 is 1. The van der Waals surface area contributed by atoms with Crippen LogP contribution in [0.2, 0.25) is 0 Å². The SMILES string of the molecule is C/C=C\[C@H](C)[C@H]1O[C@]1(C)[C@@H](O)[C@H]1COC(=O)[C@H](O)[C@@H](OC)[C@H](C)C(=O)[C@H](C)[C@@H](OC(C)=O)/C(C)=C/[C@H](C)C(=O)C[C@H](O)[C@@](O)(CO)C1=O. The normalized spacial score (nSPS) is 40.3. The minimum atomic E-state index is -3.00. The van der Waals surface area contributed by atoms with Gasteiger partial charge in [0, 0.05) is 38.2 Å². The van der Waals surface area contributed by atoms with E-state index in [-0.39, 0.29) is 5.92 Å². The summed E-state index contributed by atoms with van der Waals surface area (Å²) in [5, 5.41) is 55.1. The van der Waals surface area contributed by atoms with Gasteiger partial charge in [-0.3, -0.25) is 19.2 Å². The highest BCUT2D eigenvalue weighted by Crippen LogP contribution is 2.47. The molecule has 1 saturated heterocycles. The molecule has 2 aliphatic heterocycles. The van der Waals surface area contributed by atoms with Crippen molar-refractivity contribution in [1.29, 1.82) is 0 Å². The lowest BCUT2D eigenvalue weighted by molar-refractivity contribution is -0.177. The Balaban J connectivity index is 2.67. The quantitative estimate of drug-likeness (QED) is 0.138. The number of carbonyl (C=O) groups excluding carboxylic acids is 5. The third kappa shape index (κ3) is 8.84. The Morgan fingerprint density at radius 1 is 1.15 bits per heavy atom. The van der Waals surface area contributed by atoms with Crippen LogP contribution in [0.25, 0.3) is 0 Å². The van der Waals surface area contributed by atoms with Gasteiger partial charge < -0.3 is 44.5 Å². The minimum Gasteiger partial charge on any atom is -0.463 e. The molecule has 272 valence electrons. The molecule has 2 aliphatic rings. The van der Waals surface area contributed by atoms with Crippen LogP contribution < -0.4 is 0 Å². The van der Waals surface area contributed by atoms with E-state index in [0.717, 1.165) is 14.0 Å². The molecule has 48 heavy (non-hydrogen) atoms. The van der Waals surface area contributed by atoms with Crippen LogP contribution in [0.1, 0.15) is 61.8 Å². The summed E-state index contributed by atoms with van der Waals surface area (Å²) >= 11 is 0. The van der Waals surface area contributed by atoms with Gasteiger partial charge in [-0.2, -0.15) is 0 Å². The second kappa shape index (κ2) is 16.7. The monoisotopic (exact) mass is 684 g/mol. The van der Waals surface area contributed by atoms with Gasteiger partial charge in [0.05, 0.1) is 36.8 Å². The summed E-state index contributed by atoms with van der Waals surface area (Å²) in [7, 11) is 1.15. The molecule has 0 unspecified atom stereocenters. The average Bonchev–Trinajstić information content (AvgIpc) is 3.74. The molecule has 0 saturated carbocycles. The first kappa shape index (κ1) is 41.3. The number of hydrogen-bond acceptors (Lipinski definition) is 14. The summed E-state index contributed by atoms with van der Waals surface area (Å²) in [4.78, 5) is 66.0. The van der Waals surface area contributed by atoms with Crippen molar-refractivity contribution < 1.29 is 68.5 Å². The zero-order valence-corrected chi connectivity index (χ0v) is 29.1. The van der Waals surface area contributed by atoms with E-state index in [0.29, 0.717) is 5.57 Å². The van der Waals surface area contributed by atoms with E-state index in [9.17, 15) is 49.5 Å². The molecule has 5 N–H and O–H groups in total. The van der Waals surface area contributed by atoms with Crippen LogP contribution in [0.4, 0.5) is 0 Å². The first-order chi connectivity index (χ1) is 22.2. The van der Waals surface area contributed by atoms with Crippen LogP contribution in [0.5, 0.6) is 0 Å². The van der Waals surface area contributed by atoms with Crippen molar-refractivity contribution >= 4 is 29.3 Å². The van der Waals surface area contributed by atoms with E-state index in [1.165, 1.54) is 40.7 Å². The molecule has 2 rings (SSSR count). The summed E-state index contributed by atoms with van der Waals surface area (Å²) in [5.74, 6) is -9.88. The van der Waals surface area contributed by atoms with Crippen molar-refractivity contribution in [3.05, 3.63) is 23.8 Å². The van der Waals surface area contributed by atoms with Crippen molar-refractivity contribution in [2.45, 2.75) is 110 Å². The summed E-state index contributed by atoms with van der Waals surface area (Å²) in [6, 6.07) is 0. The molecule has 1 fully saturated rings. The van der Waals surface area contributed by atoms with Crippen LogP contribution in [0.3, 0.4) is 0 Å². The van der Waals surface area contributed by atoms with Gasteiger partial charge in [-0.1, -0.05) is 45.9 Å². The molecule has 0 amide bonds. The van der Waals surface area contributed by atoms with Gasteiger partial charge >= 0.3 is 11.9 Å². The number of esters is 2. The highest BCUT2D eigenvalue weighted by atomic mass is 16.6. The van der Waals surface area contributed by atoms with Crippen molar-refractivity contribution in [3.8, 4) is 0 Å². The molecular weight excluding hydrogens is 632 g/mol. The van der Waals surface area contributed by atoms with E-state index >= 15 is 0 Å². The number of ketones is 3. The van der Waals surface area contributed by atoms with Gasteiger partial charge in [0.15, 0.2) is 17.5 Å². The van der Waals surface area contributed by atoms with Crippen LogP contribution in [-0.2, 0) is 42.9 Å². The van der Waals surface area contributed by atoms with Crippen molar-refractivity contribution in [3.63, 3.8) is 0 Å². The predicted molar refractivity (Wildman–Crippen MR) is 169 cm³/mol.